The lowest BCUT2D eigenvalue weighted by Crippen LogP contribution is -2.22. The Morgan fingerprint density at radius 1 is 1.26 bits per heavy atom. The van der Waals surface area contributed by atoms with E-state index in [-0.39, 0.29) is 16.7 Å². The zero-order valence-corrected chi connectivity index (χ0v) is 15.2. The normalized spacial score (nSPS) is 10.4. The molecule has 138 valence electrons. The number of nitrogens with one attached hydrogen (secondary N) is 1. The van der Waals surface area contributed by atoms with E-state index in [9.17, 15) is 14.0 Å². The molecule has 27 heavy (non-hydrogen) atoms. The van der Waals surface area contributed by atoms with Crippen molar-refractivity contribution in [1.82, 2.24) is 9.55 Å². The van der Waals surface area contributed by atoms with Gasteiger partial charge in [-0.2, -0.15) is 0 Å². The number of rotatable bonds is 6. The monoisotopic (exact) mass is 385 g/mol. The lowest BCUT2D eigenvalue weighted by Gasteiger charge is -2.08. The zero-order valence-electron chi connectivity index (χ0n) is 14.4. The third-order valence-corrected chi connectivity index (χ3v) is 4.57. The summed E-state index contributed by atoms with van der Waals surface area (Å²) in [5.74, 6) is -0.00731. The van der Waals surface area contributed by atoms with Crippen LogP contribution in [0.15, 0.2) is 70.7 Å². The van der Waals surface area contributed by atoms with E-state index in [4.69, 9.17) is 4.74 Å². The fourth-order valence-corrected chi connectivity index (χ4v) is 3.02. The highest BCUT2D eigenvalue weighted by Crippen LogP contribution is 2.17. The van der Waals surface area contributed by atoms with Gasteiger partial charge in [-0.15, -0.1) is 0 Å². The minimum atomic E-state index is -0.440. The summed E-state index contributed by atoms with van der Waals surface area (Å²) in [6.07, 6.45) is 2.90. The topological polar surface area (TPSA) is 73.2 Å². The fourth-order valence-electron chi connectivity index (χ4n) is 2.33. The van der Waals surface area contributed by atoms with Gasteiger partial charge in [-0.05, 0) is 42.5 Å². The van der Waals surface area contributed by atoms with E-state index in [1.807, 2.05) is 0 Å². The molecule has 3 rings (SSSR count). The van der Waals surface area contributed by atoms with Crippen LogP contribution in [-0.4, -0.2) is 28.3 Å². The van der Waals surface area contributed by atoms with E-state index in [0.717, 1.165) is 11.8 Å². The van der Waals surface area contributed by atoms with Gasteiger partial charge in [0.2, 0.25) is 5.91 Å². The van der Waals surface area contributed by atoms with Crippen molar-refractivity contribution < 1.29 is 13.9 Å². The Balaban J connectivity index is 1.68. The molecule has 2 aromatic carbocycles. The summed E-state index contributed by atoms with van der Waals surface area (Å²) in [4.78, 5) is 28.7. The van der Waals surface area contributed by atoms with Crippen LogP contribution in [0.25, 0.3) is 5.69 Å². The van der Waals surface area contributed by atoms with E-state index in [2.05, 4.69) is 10.3 Å². The van der Waals surface area contributed by atoms with Gasteiger partial charge >= 0.3 is 0 Å². The van der Waals surface area contributed by atoms with Crippen molar-refractivity contribution >= 4 is 23.4 Å². The Hall–Kier alpha value is -3.13. The standard InChI is InChI=1S/C19H16FN3O3S/c1-26-16-7-5-14(6-8-16)22-17(24)12-27-18-19(25)23(10-9-21-18)15-4-2-3-13(20)11-15/h2-11H,12H2,1H3,(H,22,24). The van der Waals surface area contributed by atoms with Gasteiger partial charge in [0.05, 0.1) is 18.6 Å². The molecular formula is C19H16FN3O3S. The van der Waals surface area contributed by atoms with Crippen molar-refractivity contribution in [3.8, 4) is 11.4 Å². The summed E-state index contributed by atoms with van der Waals surface area (Å²) in [5.41, 5.74) is 0.608. The van der Waals surface area contributed by atoms with E-state index in [0.29, 0.717) is 17.1 Å². The quantitative estimate of drug-likeness (QED) is 0.660. The smallest absolute Gasteiger partial charge is 0.287 e. The minimum Gasteiger partial charge on any atom is -0.497 e. The van der Waals surface area contributed by atoms with Gasteiger partial charge in [0.25, 0.3) is 5.56 Å². The van der Waals surface area contributed by atoms with Gasteiger partial charge in [0, 0.05) is 18.1 Å². The first-order chi connectivity index (χ1) is 13.1. The van der Waals surface area contributed by atoms with Gasteiger partial charge in [-0.3, -0.25) is 14.2 Å². The second kappa shape index (κ2) is 8.50. The summed E-state index contributed by atoms with van der Waals surface area (Å²) in [6, 6.07) is 12.6. The highest BCUT2D eigenvalue weighted by Gasteiger charge is 2.11. The molecule has 0 aliphatic rings. The van der Waals surface area contributed by atoms with Crippen LogP contribution >= 0.6 is 11.8 Å². The number of benzene rings is 2. The van der Waals surface area contributed by atoms with Crippen molar-refractivity contribution in [2.24, 2.45) is 0 Å². The molecule has 0 aliphatic heterocycles. The van der Waals surface area contributed by atoms with E-state index >= 15 is 0 Å². The van der Waals surface area contributed by atoms with E-state index < -0.39 is 11.4 Å². The lowest BCUT2D eigenvalue weighted by molar-refractivity contribution is -0.113. The zero-order chi connectivity index (χ0) is 19.2. The van der Waals surface area contributed by atoms with Crippen LogP contribution in [0, 0.1) is 5.82 Å². The number of ether oxygens (including phenoxy) is 1. The van der Waals surface area contributed by atoms with Crippen molar-refractivity contribution in [1.29, 1.82) is 0 Å². The van der Waals surface area contributed by atoms with Gasteiger partial charge in [0.1, 0.15) is 11.6 Å². The molecule has 6 nitrogen and oxygen atoms in total. The first-order valence-corrected chi connectivity index (χ1v) is 8.95. The highest BCUT2D eigenvalue weighted by atomic mass is 32.2. The predicted molar refractivity (Wildman–Crippen MR) is 102 cm³/mol. The Bertz CT molecular complexity index is 1010. The molecule has 0 aliphatic carbocycles. The van der Waals surface area contributed by atoms with Crippen molar-refractivity contribution in [3.05, 3.63) is 77.1 Å². The summed E-state index contributed by atoms with van der Waals surface area (Å²) < 4.78 is 19.8. The van der Waals surface area contributed by atoms with Crippen LogP contribution < -0.4 is 15.6 Å². The Morgan fingerprint density at radius 3 is 2.74 bits per heavy atom. The molecular weight excluding hydrogens is 369 g/mol. The molecule has 0 saturated heterocycles. The van der Waals surface area contributed by atoms with Gasteiger partial charge in [-0.1, -0.05) is 17.8 Å². The van der Waals surface area contributed by atoms with Crippen LogP contribution in [0.2, 0.25) is 0 Å². The summed E-state index contributed by atoms with van der Waals surface area (Å²) >= 11 is 1.02. The fraction of sp³-hybridized carbons (Fsp3) is 0.105. The van der Waals surface area contributed by atoms with E-state index in [1.165, 1.54) is 35.2 Å². The van der Waals surface area contributed by atoms with Crippen LogP contribution in [0.5, 0.6) is 5.75 Å². The van der Waals surface area contributed by atoms with Crippen LogP contribution in [0.4, 0.5) is 10.1 Å². The van der Waals surface area contributed by atoms with Gasteiger partial charge < -0.3 is 10.1 Å². The summed E-state index contributed by atoms with van der Waals surface area (Å²) in [7, 11) is 1.56. The number of aromatic nitrogens is 2. The lowest BCUT2D eigenvalue weighted by atomic mass is 10.3. The van der Waals surface area contributed by atoms with Gasteiger partial charge in [0.15, 0.2) is 5.03 Å². The second-order valence-corrected chi connectivity index (χ2v) is 6.42. The number of amides is 1. The molecule has 8 heteroatoms. The molecule has 3 aromatic rings. The molecule has 1 N–H and O–H groups in total. The van der Waals surface area contributed by atoms with Crippen LogP contribution in [-0.2, 0) is 4.79 Å². The number of hydrogen-bond donors (Lipinski definition) is 1. The largest absolute Gasteiger partial charge is 0.497 e. The number of hydrogen-bond acceptors (Lipinski definition) is 5. The molecule has 0 spiro atoms. The van der Waals surface area contributed by atoms with Crippen LogP contribution in [0.1, 0.15) is 0 Å². The number of halogens is 1. The third-order valence-electron chi connectivity index (χ3n) is 3.61. The molecule has 0 unspecified atom stereocenters. The minimum absolute atomic E-state index is 0.0153. The molecule has 0 saturated carbocycles. The van der Waals surface area contributed by atoms with Crippen molar-refractivity contribution in [2.75, 3.05) is 18.2 Å². The van der Waals surface area contributed by atoms with Crippen molar-refractivity contribution in [3.63, 3.8) is 0 Å². The third kappa shape index (κ3) is 4.73. The highest BCUT2D eigenvalue weighted by molar-refractivity contribution is 7.99. The number of methoxy groups -OCH3 is 1. The molecule has 0 bridgehead atoms. The predicted octanol–water partition coefficient (Wildman–Crippen LogP) is 3.11. The number of nitrogens with zero attached hydrogens (tertiary/aromatic N) is 2. The second-order valence-electron chi connectivity index (χ2n) is 5.45. The first-order valence-electron chi connectivity index (χ1n) is 7.97. The first kappa shape index (κ1) is 18.7. The van der Waals surface area contributed by atoms with E-state index in [1.54, 1.807) is 37.4 Å². The summed E-state index contributed by atoms with van der Waals surface area (Å²) in [5, 5.41) is 2.89. The average Bonchev–Trinajstić information content (AvgIpc) is 2.68. The number of anilines is 1. The van der Waals surface area contributed by atoms with Gasteiger partial charge in [-0.25, -0.2) is 9.37 Å². The number of thioether (sulfide) groups is 1. The number of carbonyl (C=O) groups excluding carboxylic acids is 1. The molecule has 1 amide bonds. The molecule has 0 atom stereocenters. The summed E-state index contributed by atoms with van der Waals surface area (Å²) in [6.45, 7) is 0. The molecule has 1 heterocycles. The van der Waals surface area contributed by atoms with Crippen molar-refractivity contribution in [2.45, 2.75) is 5.03 Å². The SMILES string of the molecule is COc1ccc(NC(=O)CSc2nccn(-c3cccc(F)c3)c2=O)cc1. The Labute approximate surface area is 159 Å². The molecule has 1 aromatic heterocycles. The Kier molecular flexibility index (Phi) is 5.87. The average molecular weight is 385 g/mol. The Morgan fingerprint density at radius 2 is 2.04 bits per heavy atom. The molecule has 0 radical (unpaired) electrons. The molecule has 0 fully saturated rings. The number of carbonyl (C=O) groups is 1. The maximum absolute atomic E-state index is 13.4. The maximum atomic E-state index is 13.4. The maximum Gasteiger partial charge on any atom is 0.287 e. The van der Waals surface area contributed by atoms with Crippen LogP contribution in [0.3, 0.4) is 0 Å².